The number of ether oxygens (including phenoxy) is 1. The van der Waals surface area contributed by atoms with E-state index >= 15 is 0 Å². The summed E-state index contributed by atoms with van der Waals surface area (Å²) in [7, 11) is 0. The van der Waals surface area contributed by atoms with Crippen LogP contribution in [0.1, 0.15) is 32.6 Å². The number of hydrogen-bond donors (Lipinski definition) is 0. The number of carbonyl (C=O) groups excluding carboxylic acids is 1. The van der Waals surface area contributed by atoms with Gasteiger partial charge in [-0.1, -0.05) is 6.92 Å². The van der Waals surface area contributed by atoms with E-state index < -0.39 is 6.04 Å². The lowest BCUT2D eigenvalue weighted by Gasteiger charge is -2.32. The number of likely N-dealkylation sites (tertiary alicyclic amines) is 1. The highest BCUT2D eigenvalue weighted by Gasteiger charge is 2.54. The summed E-state index contributed by atoms with van der Waals surface area (Å²) in [6.45, 7) is 4.08. The van der Waals surface area contributed by atoms with Crippen molar-refractivity contribution in [3.8, 4) is 0 Å². The molecular formula is C12H20N2O4. The first-order valence-corrected chi connectivity index (χ1v) is 6.67. The Hall–Kier alpha value is -1.17. The van der Waals surface area contributed by atoms with Crippen molar-refractivity contribution in [2.45, 2.75) is 44.8 Å². The summed E-state index contributed by atoms with van der Waals surface area (Å²) in [5, 5.41) is 10.6. The summed E-state index contributed by atoms with van der Waals surface area (Å²) >= 11 is 0. The van der Waals surface area contributed by atoms with Gasteiger partial charge in [-0.2, -0.15) is 0 Å². The molecule has 3 atom stereocenters. The van der Waals surface area contributed by atoms with Crippen LogP contribution in [0, 0.1) is 16.0 Å². The molecular weight excluding hydrogens is 236 g/mol. The average molecular weight is 256 g/mol. The molecule has 0 bridgehead atoms. The van der Waals surface area contributed by atoms with Gasteiger partial charge >= 0.3 is 0 Å². The van der Waals surface area contributed by atoms with Crippen LogP contribution in [0.4, 0.5) is 0 Å². The Morgan fingerprint density at radius 1 is 1.56 bits per heavy atom. The molecule has 6 nitrogen and oxygen atoms in total. The molecule has 0 aromatic heterocycles. The van der Waals surface area contributed by atoms with Crippen molar-refractivity contribution >= 4 is 5.91 Å². The predicted octanol–water partition coefficient (Wildman–Crippen LogP) is 1.07. The quantitative estimate of drug-likeness (QED) is 0.545. The van der Waals surface area contributed by atoms with Gasteiger partial charge in [0.25, 0.3) is 0 Å². The van der Waals surface area contributed by atoms with Crippen LogP contribution in [0.5, 0.6) is 0 Å². The zero-order chi connectivity index (χ0) is 13.1. The molecule has 1 heterocycles. The molecule has 0 aromatic carbocycles. The van der Waals surface area contributed by atoms with Gasteiger partial charge < -0.3 is 9.64 Å². The standard InChI is InChI=1S/C12H20N2O4/c1-2-6-18-9-4-3-5-13(8-9)12(15)10-7-11(10)14(16)17/h9-11H,2-8H2,1H3/t9-,10+,11+/m1/s1. The molecule has 1 aliphatic carbocycles. The lowest BCUT2D eigenvalue weighted by Crippen LogP contribution is -2.44. The van der Waals surface area contributed by atoms with Crippen LogP contribution >= 0.6 is 0 Å². The van der Waals surface area contributed by atoms with E-state index in [1.54, 1.807) is 4.90 Å². The molecule has 2 aliphatic rings. The zero-order valence-electron chi connectivity index (χ0n) is 10.7. The molecule has 102 valence electrons. The van der Waals surface area contributed by atoms with Crippen molar-refractivity contribution in [2.24, 2.45) is 5.92 Å². The molecule has 0 unspecified atom stereocenters. The molecule has 6 heteroatoms. The number of piperidine rings is 1. The van der Waals surface area contributed by atoms with Crippen molar-refractivity contribution in [3.05, 3.63) is 10.1 Å². The maximum Gasteiger partial charge on any atom is 0.232 e. The third kappa shape index (κ3) is 2.98. The Kier molecular flexibility index (Phi) is 4.16. The zero-order valence-corrected chi connectivity index (χ0v) is 10.7. The van der Waals surface area contributed by atoms with Crippen molar-refractivity contribution in [3.63, 3.8) is 0 Å². The summed E-state index contributed by atoms with van der Waals surface area (Å²) in [4.78, 5) is 24.0. The molecule has 2 rings (SSSR count). The van der Waals surface area contributed by atoms with Crippen LogP contribution in [0.15, 0.2) is 0 Å². The minimum absolute atomic E-state index is 0.0542. The maximum absolute atomic E-state index is 12.1. The molecule has 0 N–H and O–H groups in total. The molecule has 0 aromatic rings. The lowest BCUT2D eigenvalue weighted by molar-refractivity contribution is -0.497. The third-order valence-corrected chi connectivity index (χ3v) is 3.59. The molecule has 1 aliphatic heterocycles. The van der Waals surface area contributed by atoms with E-state index in [1.165, 1.54) is 0 Å². The second-order valence-corrected chi connectivity index (χ2v) is 5.11. The third-order valence-electron chi connectivity index (χ3n) is 3.59. The predicted molar refractivity (Wildman–Crippen MR) is 64.7 cm³/mol. The van der Waals surface area contributed by atoms with E-state index in [-0.39, 0.29) is 22.9 Å². The molecule has 2 fully saturated rings. The number of rotatable bonds is 5. The van der Waals surface area contributed by atoms with Gasteiger partial charge in [0.2, 0.25) is 11.9 Å². The fourth-order valence-corrected chi connectivity index (χ4v) is 2.47. The number of nitro groups is 1. The highest BCUT2D eigenvalue weighted by atomic mass is 16.6. The van der Waals surface area contributed by atoms with Gasteiger partial charge in [0, 0.05) is 31.0 Å². The Labute approximate surface area is 106 Å². The molecule has 18 heavy (non-hydrogen) atoms. The number of nitrogens with zero attached hydrogens (tertiary/aromatic N) is 2. The van der Waals surface area contributed by atoms with E-state index in [0.717, 1.165) is 19.3 Å². The van der Waals surface area contributed by atoms with Gasteiger partial charge in [-0.05, 0) is 19.3 Å². The van der Waals surface area contributed by atoms with E-state index in [0.29, 0.717) is 26.1 Å². The molecule has 1 saturated carbocycles. The largest absolute Gasteiger partial charge is 0.376 e. The van der Waals surface area contributed by atoms with Crippen molar-refractivity contribution < 1.29 is 14.5 Å². The Morgan fingerprint density at radius 2 is 2.33 bits per heavy atom. The van der Waals surface area contributed by atoms with Crippen LogP contribution in [0.2, 0.25) is 0 Å². The highest BCUT2D eigenvalue weighted by Crippen LogP contribution is 2.35. The fraction of sp³-hybridized carbons (Fsp3) is 0.917. The van der Waals surface area contributed by atoms with Crippen LogP contribution in [-0.2, 0) is 9.53 Å². The van der Waals surface area contributed by atoms with Gasteiger partial charge in [0.1, 0.15) is 5.92 Å². The normalized spacial score (nSPS) is 31.2. The molecule has 1 saturated heterocycles. The fourth-order valence-electron chi connectivity index (χ4n) is 2.47. The first-order chi connectivity index (χ1) is 8.63. The monoisotopic (exact) mass is 256 g/mol. The second kappa shape index (κ2) is 5.65. The minimum Gasteiger partial charge on any atom is -0.376 e. The van der Waals surface area contributed by atoms with E-state index in [1.807, 2.05) is 0 Å². The van der Waals surface area contributed by atoms with Gasteiger partial charge in [-0.15, -0.1) is 0 Å². The molecule has 1 amide bonds. The van der Waals surface area contributed by atoms with Crippen molar-refractivity contribution in [1.82, 2.24) is 4.90 Å². The highest BCUT2D eigenvalue weighted by molar-refractivity contribution is 5.82. The van der Waals surface area contributed by atoms with Crippen LogP contribution in [-0.4, -0.2) is 47.6 Å². The van der Waals surface area contributed by atoms with Crippen LogP contribution < -0.4 is 0 Å². The average Bonchev–Trinajstić information content (AvgIpc) is 3.16. The summed E-state index contributed by atoms with van der Waals surface area (Å²) in [6.07, 6.45) is 3.39. The number of hydrogen-bond acceptors (Lipinski definition) is 4. The van der Waals surface area contributed by atoms with Gasteiger partial charge in [-0.25, -0.2) is 0 Å². The second-order valence-electron chi connectivity index (χ2n) is 5.11. The van der Waals surface area contributed by atoms with Crippen LogP contribution in [0.25, 0.3) is 0 Å². The number of amides is 1. The Morgan fingerprint density at radius 3 is 2.94 bits per heavy atom. The van der Waals surface area contributed by atoms with E-state index in [2.05, 4.69) is 6.92 Å². The summed E-state index contributed by atoms with van der Waals surface area (Å²) in [5.74, 6) is -0.438. The first kappa shape index (κ1) is 13.3. The maximum atomic E-state index is 12.1. The van der Waals surface area contributed by atoms with Crippen LogP contribution in [0.3, 0.4) is 0 Å². The summed E-state index contributed by atoms with van der Waals surface area (Å²) in [5.41, 5.74) is 0. The lowest BCUT2D eigenvalue weighted by atomic mass is 10.1. The van der Waals surface area contributed by atoms with E-state index in [9.17, 15) is 14.9 Å². The Balaban J connectivity index is 1.82. The number of carbonyl (C=O) groups is 1. The minimum atomic E-state index is -0.644. The topological polar surface area (TPSA) is 72.7 Å². The van der Waals surface area contributed by atoms with Gasteiger partial charge in [0.15, 0.2) is 0 Å². The van der Waals surface area contributed by atoms with Crippen molar-refractivity contribution in [1.29, 1.82) is 0 Å². The smallest absolute Gasteiger partial charge is 0.232 e. The summed E-state index contributed by atoms with van der Waals surface area (Å²) in [6, 6.07) is -0.644. The molecule has 0 spiro atoms. The van der Waals surface area contributed by atoms with E-state index in [4.69, 9.17) is 4.74 Å². The first-order valence-electron chi connectivity index (χ1n) is 6.67. The van der Waals surface area contributed by atoms with Gasteiger partial charge in [-0.3, -0.25) is 14.9 Å². The molecule has 0 radical (unpaired) electrons. The Bertz CT molecular complexity index is 334. The van der Waals surface area contributed by atoms with Crippen molar-refractivity contribution in [2.75, 3.05) is 19.7 Å². The van der Waals surface area contributed by atoms with Gasteiger partial charge in [0.05, 0.1) is 6.10 Å². The SMILES string of the molecule is CCCO[C@@H]1CCCN(C(=O)[C@H]2C[C@@H]2[N+](=O)[O-])C1. The summed E-state index contributed by atoms with van der Waals surface area (Å²) < 4.78 is 5.66.